The molecule has 0 bridgehead atoms. The Balaban J connectivity index is 1.40. The van der Waals surface area contributed by atoms with E-state index in [-0.39, 0.29) is 5.91 Å². The van der Waals surface area contributed by atoms with Crippen molar-refractivity contribution in [1.82, 2.24) is 15.3 Å². The summed E-state index contributed by atoms with van der Waals surface area (Å²) in [7, 11) is 0. The van der Waals surface area contributed by atoms with Crippen LogP contribution < -0.4 is 15.0 Å². The minimum absolute atomic E-state index is 0.171. The Morgan fingerprint density at radius 2 is 1.87 bits per heavy atom. The second-order valence-electron chi connectivity index (χ2n) is 6.72. The molecular weight excluding hydrogens is 404 g/mol. The third kappa shape index (κ3) is 5.06. The molecule has 8 heteroatoms. The van der Waals surface area contributed by atoms with Gasteiger partial charge >= 0.3 is 0 Å². The van der Waals surface area contributed by atoms with Crippen LogP contribution in [0.25, 0.3) is 0 Å². The fourth-order valence-electron chi connectivity index (χ4n) is 3.10. The third-order valence-corrected chi connectivity index (χ3v) is 4.87. The normalized spacial score (nSPS) is 13.7. The maximum absolute atomic E-state index is 12.4. The summed E-state index contributed by atoms with van der Waals surface area (Å²) >= 11 is 5.98. The van der Waals surface area contributed by atoms with Gasteiger partial charge in [0.25, 0.3) is 11.8 Å². The van der Waals surface area contributed by atoms with Crippen molar-refractivity contribution in [3.63, 3.8) is 0 Å². The SMILES string of the molecule is O=C(NCc1cccc(Cl)c1)c1ccc(Oc2nccnc2N2CCOCC2)cc1. The van der Waals surface area contributed by atoms with Crippen molar-refractivity contribution < 1.29 is 14.3 Å². The average Bonchev–Trinajstić information content (AvgIpc) is 2.79. The highest BCUT2D eigenvalue weighted by Gasteiger charge is 2.18. The van der Waals surface area contributed by atoms with Gasteiger partial charge in [0, 0.05) is 42.6 Å². The zero-order valence-corrected chi connectivity index (χ0v) is 17.0. The monoisotopic (exact) mass is 424 g/mol. The van der Waals surface area contributed by atoms with Crippen molar-refractivity contribution in [3.8, 4) is 11.6 Å². The Morgan fingerprint density at radius 1 is 1.10 bits per heavy atom. The summed E-state index contributed by atoms with van der Waals surface area (Å²) in [5.41, 5.74) is 1.48. The molecule has 1 aliphatic heterocycles. The van der Waals surface area contributed by atoms with Gasteiger partial charge in [-0.05, 0) is 42.0 Å². The lowest BCUT2D eigenvalue weighted by Crippen LogP contribution is -2.37. The third-order valence-electron chi connectivity index (χ3n) is 4.63. The van der Waals surface area contributed by atoms with Crippen LogP contribution in [0, 0.1) is 0 Å². The zero-order valence-electron chi connectivity index (χ0n) is 16.3. The van der Waals surface area contributed by atoms with E-state index in [2.05, 4.69) is 20.2 Å². The number of hydrogen-bond donors (Lipinski definition) is 1. The highest BCUT2D eigenvalue weighted by molar-refractivity contribution is 6.30. The van der Waals surface area contributed by atoms with E-state index in [1.807, 2.05) is 18.2 Å². The van der Waals surface area contributed by atoms with Gasteiger partial charge in [0.05, 0.1) is 13.2 Å². The van der Waals surface area contributed by atoms with E-state index >= 15 is 0 Å². The van der Waals surface area contributed by atoms with Crippen LogP contribution in [-0.4, -0.2) is 42.2 Å². The molecule has 0 aliphatic carbocycles. The van der Waals surface area contributed by atoms with E-state index in [0.717, 1.165) is 18.7 Å². The fourth-order valence-corrected chi connectivity index (χ4v) is 3.31. The van der Waals surface area contributed by atoms with E-state index in [9.17, 15) is 4.79 Å². The molecule has 0 spiro atoms. The number of anilines is 1. The van der Waals surface area contributed by atoms with Crippen LogP contribution in [0.15, 0.2) is 60.9 Å². The molecule has 2 heterocycles. The number of rotatable bonds is 6. The number of amides is 1. The lowest BCUT2D eigenvalue weighted by Gasteiger charge is -2.28. The summed E-state index contributed by atoms with van der Waals surface area (Å²) in [5, 5.41) is 3.53. The second-order valence-corrected chi connectivity index (χ2v) is 7.16. The van der Waals surface area contributed by atoms with Gasteiger partial charge < -0.3 is 19.7 Å². The number of nitrogens with one attached hydrogen (secondary N) is 1. The molecule has 1 aliphatic rings. The number of aromatic nitrogens is 2. The first-order chi connectivity index (χ1) is 14.7. The van der Waals surface area contributed by atoms with E-state index in [4.69, 9.17) is 21.1 Å². The van der Waals surface area contributed by atoms with Crippen LogP contribution in [0.5, 0.6) is 11.6 Å². The first kappa shape index (κ1) is 20.1. The van der Waals surface area contributed by atoms with Gasteiger partial charge in [0.1, 0.15) is 5.75 Å². The van der Waals surface area contributed by atoms with Gasteiger partial charge in [0.15, 0.2) is 5.82 Å². The number of carbonyl (C=O) groups excluding carboxylic acids is 1. The number of hydrogen-bond acceptors (Lipinski definition) is 6. The summed E-state index contributed by atoms with van der Waals surface area (Å²) < 4.78 is 11.3. The molecule has 1 saturated heterocycles. The Bertz CT molecular complexity index is 1010. The van der Waals surface area contributed by atoms with Gasteiger partial charge in [-0.25, -0.2) is 9.97 Å². The highest BCUT2D eigenvalue weighted by Crippen LogP contribution is 2.28. The molecule has 1 fully saturated rings. The molecule has 1 N–H and O–H groups in total. The summed E-state index contributed by atoms with van der Waals surface area (Å²) in [6.45, 7) is 3.17. The van der Waals surface area contributed by atoms with Gasteiger partial charge in [-0.15, -0.1) is 0 Å². The number of halogens is 1. The molecule has 30 heavy (non-hydrogen) atoms. The first-order valence-corrected chi connectivity index (χ1v) is 10.0. The van der Waals surface area contributed by atoms with Crippen molar-refractivity contribution in [3.05, 3.63) is 77.1 Å². The summed E-state index contributed by atoms with van der Waals surface area (Å²) in [6, 6.07) is 14.3. The Morgan fingerprint density at radius 3 is 2.63 bits per heavy atom. The zero-order chi connectivity index (χ0) is 20.8. The molecule has 1 aromatic heterocycles. The van der Waals surface area contributed by atoms with Gasteiger partial charge in [-0.1, -0.05) is 23.7 Å². The molecule has 1 amide bonds. The molecule has 154 valence electrons. The Labute approximate surface area is 179 Å². The summed E-state index contributed by atoms with van der Waals surface area (Å²) in [6.07, 6.45) is 3.24. The van der Waals surface area contributed by atoms with Crippen molar-refractivity contribution in [2.45, 2.75) is 6.54 Å². The molecule has 0 unspecified atom stereocenters. The highest BCUT2D eigenvalue weighted by atomic mass is 35.5. The van der Waals surface area contributed by atoms with Gasteiger partial charge in [0.2, 0.25) is 0 Å². The van der Waals surface area contributed by atoms with Crippen LogP contribution in [0.4, 0.5) is 5.82 Å². The summed E-state index contributed by atoms with van der Waals surface area (Å²) in [4.78, 5) is 23.2. The van der Waals surface area contributed by atoms with Crippen molar-refractivity contribution in [2.75, 3.05) is 31.2 Å². The maximum atomic E-state index is 12.4. The summed E-state index contributed by atoms with van der Waals surface area (Å²) in [5.74, 6) is 1.52. The molecule has 7 nitrogen and oxygen atoms in total. The number of benzene rings is 2. The Hall–Kier alpha value is -3.16. The fraction of sp³-hybridized carbons (Fsp3) is 0.227. The van der Waals surface area contributed by atoms with Crippen LogP contribution in [-0.2, 0) is 11.3 Å². The standard InChI is InChI=1S/C22H21ClN4O3/c23-18-3-1-2-16(14-18)15-26-21(28)17-4-6-19(7-5-17)30-22-20(24-8-9-25-22)27-10-12-29-13-11-27/h1-9,14H,10-13,15H2,(H,26,28). The van der Waals surface area contributed by atoms with Gasteiger partial charge in [-0.3, -0.25) is 4.79 Å². The number of carbonyl (C=O) groups is 1. The maximum Gasteiger partial charge on any atom is 0.263 e. The predicted octanol–water partition coefficient (Wildman–Crippen LogP) is 3.69. The van der Waals surface area contributed by atoms with Crippen LogP contribution in [0.3, 0.4) is 0 Å². The lowest BCUT2D eigenvalue weighted by atomic mass is 10.2. The number of nitrogens with zero attached hydrogens (tertiary/aromatic N) is 3. The molecule has 2 aromatic carbocycles. The van der Waals surface area contributed by atoms with Gasteiger partial charge in [-0.2, -0.15) is 0 Å². The number of ether oxygens (including phenoxy) is 2. The first-order valence-electron chi connectivity index (χ1n) is 9.63. The molecule has 0 saturated carbocycles. The minimum atomic E-state index is -0.171. The topological polar surface area (TPSA) is 76.6 Å². The average molecular weight is 425 g/mol. The van der Waals surface area contributed by atoms with Crippen LogP contribution >= 0.6 is 11.6 Å². The van der Waals surface area contributed by atoms with Crippen LogP contribution in [0.1, 0.15) is 15.9 Å². The van der Waals surface area contributed by atoms with E-state index < -0.39 is 0 Å². The quantitative estimate of drug-likeness (QED) is 0.650. The largest absolute Gasteiger partial charge is 0.436 e. The lowest BCUT2D eigenvalue weighted by molar-refractivity contribution is 0.0951. The van der Waals surface area contributed by atoms with Crippen LogP contribution in [0.2, 0.25) is 5.02 Å². The molecular formula is C22H21ClN4O3. The van der Waals surface area contributed by atoms with E-state index in [0.29, 0.717) is 47.8 Å². The smallest absolute Gasteiger partial charge is 0.263 e. The molecule has 0 radical (unpaired) electrons. The molecule has 0 atom stereocenters. The second kappa shape index (κ2) is 9.56. The van der Waals surface area contributed by atoms with Crippen molar-refractivity contribution >= 4 is 23.3 Å². The van der Waals surface area contributed by atoms with Crippen molar-refractivity contribution in [1.29, 1.82) is 0 Å². The van der Waals surface area contributed by atoms with E-state index in [1.165, 1.54) is 0 Å². The molecule has 4 rings (SSSR count). The Kier molecular flexibility index (Phi) is 6.41. The minimum Gasteiger partial charge on any atom is -0.436 e. The predicted molar refractivity (Wildman–Crippen MR) is 114 cm³/mol. The number of morpholine rings is 1. The molecule has 3 aromatic rings. The van der Waals surface area contributed by atoms with Crippen molar-refractivity contribution in [2.24, 2.45) is 0 Å². The van der Waals surface area contributed by atoms with E-state index in [1.54, 1.807) is 42.7 Å².